The summed E-state index contributed by atoms with van der Waals surface area (Å²) < 4.78 is 54.4. The van der Waals surface area contributed by atoms with Gasteiger partial charge in [0.15, 0.2) is 16.5 Å². The lowest BCUT2D eigenvalue weighted by atomic mass is 10.3. The summed E-state index contributed by atoms with van der Waals surface area (Å²) in [4.78, 5) is 5.30. The zero-order chi connectivity index (χ0) is 22.0. The molecule has 1 saturated heterocycles. The van der Waals surface area contributed by atoms with Crippen LogP contribution in [0.2, 0.25) is 0 Å². The predicted octanol–water partition coefficient (Wildman–Crippen LogP) is 2.71. The number of aromatic nitrogens is 3. The van der Waals surface area contributed by atoms with Gasteiger partial charge in [0.25, 0.3) is 0 Å². The van der Waals surface area contributed by atoms with Gasteiger partial charge in [-0.1, -0.05) is 12.1 Å². The molecule has 1 N–H and O–H groups in total. The first kappa shape index (κ1) is 21.1. The van der Waals surface area contributed by atoms with Gasteiger partial charge in [0.05, 0.1) is 0 Å². The number of rotatable bonds is 5. The molecule has 11 heteroatoms. The average Bonchev–Trinajstić information content (AvgIpc) is 2.74. The number of anilines is 3. The van der Waals surface area contributed by atoms with E-state index in [4.69, 9.17) is 0 Å². The van der Waals surface area contributed by atoms with E-state index in [1.165, 1.54) is 0 Å². The number of pyridine rings is 1. The molecule has 1 aliphatic rings. The number of nitrogens with one attached hydrogen (secondary N) is 1. The van der Waals surface area contributed by atoms with Gasteiger partial charge in [-0.15, -0.1) is 10.2 Å². The molecule has 0 atom stereocenters. The molecule has 8 nitrogen and oxygen atoms in total. The molecule has 0 bridgehead atoms. The minimum atomic E-state index is -4.27. The van der Waals surface area contributed by atoms with Crippen LogP contribution >= 0.6 is 0 Å². The molecular formula is C20H20F2N6O2S. The Morgan fingerprint density at radius 1 is 0.871 bits per heavy atom. The molecule has 1 aliphatic heterocycles. The maximum atomic E-state index is 14.0. The topological polar surface area (TPSA) is 91.3 Å². The second-order valence-electron chi connectivity index (χ2n) is 7.01. The van der Waals surface area contributed by atoms with Crippen LogP contribution in [0, 0.1) is 18.6 Å². The monoisotopic (exact) mass is 446 g/mol. The third-order valence-corrected chi connectivity index (χ3v) is 6.83. The SMILES string of the molecule is Cc1cccc(Nc2ccc(N3CCN(S(=O)(=O)c4c(F)cccc4F)CC3)nn2)n1. The number of aryl methyl sites for hydroxylation is 1. The van der Waals surface area contributed by atoms with Gasteiger partial charge in [0.1, 0.15) is 17.5 Å². The summed E-state index contributed by atoms with van der Waals surface area (Å²) in [5.74, 6) is -0.435. The second kappa shape index (κ2) is 8.52. The molecule has 162 valence electrons. The highest BCUT2D eigenvalue weighted by Gasteiger charge is 2.33. The van der Waals surface area contributed by atoms with Crippen molar-refractivity contribution in [3.63, 3.8) is 0 Å². The highest BCUT2D eigenvalue weighted by Crippen LogP contribution is 2.24. The first-order valence-electron chi connectivity index (χ1n) is 9.58. The lowest BCUT2D eigenvalue weighted by molar-refractivity contribution is 0.377. The Morgan fingerprint density at radius 2 is 1.55 bits per heavy atom. The van der Waals surface area contributed by atoms with E-state index in [2.05, 4.69) is 20.5 Å². The highest BCUT2D eigenvalue weighted by atomic mass is 32.2. The Kier molecular flexibility index (Phi) is 5.79. The lowest BCUT2D eigenvalue weighted by Crippen LogP contribution is -2.49. The summed E-state index contributed by atoms with van der Waals surface area (Å²) >= 11 is 0. The van der Waals surface area contributed by atoms with E-state index in [9.17, 15) is 17.2 Å². The van der Waals surface area contributed by atoms with Gasteiger partial charge in [-0.3, -0.25) is 0 Å². The van der Waals surface area contributed by atoms with Crippen LogP contribution in [0.5, 0.6) is 0 Å². The molecule has 1 aromatic carbocycles. The van der Waals surface area contributed by atoms with Crippen molar-refractivity contribution in [2.24, 2.45) is 0 Å². The summed E-state index contributed by atoms with van der Waals surface area (Å²) in [7, 11) is -4.27. The van der Waals surface area contributed by atoms with Crippen LogP contribution in [0.25, 0.3) is 0 Å². The van der Waals surface area contributed by atoms with Crippen LogP contribution in [0.15, 0.2) is 53.4 Å². The molecule has 31 heavy (non-hydrogen) atoms. The summed E-state index contributed by atoms with van der Waals surface area (Å²) in [6.45, 7) is 2.67. The number of hydrogen-bond donors (Lipinski definition) is 1. The summed E-state index contributed by atoms with van der Waals surface area (Å²) in [6, 6.07) is 12.1. The van der Waals surface area contributed by atoms with Gasteiger partial charge >= 0.3 is 0 Å². The van der Waals surface area contributed by atoms with Gasteiger partial charge in [-0.2, -0.15) is 4.31 Å². The first-order valence-corrected chi connectivity index (χ1v) is 11.0. The minimum absolute atomic E-state index is 0.0744. The lowest BCUT2D eigenvalue weighted by Gasteiger charge is -2.34. The average molecular weight is 446 g/mol. The number of hydrogen-bond acceptors (Lipinski definition) is 7. The van der Waals surface area contributed by atoms with Gasteiger partial charge in [0, 0.05) is 31.9 Å². The van der Waals surface area contributed by atoms with Gasteiger partial charge in [-0.25, -0.2) is 22.2 Å². The van der Waals surface area contributed by atoms with Gasteiger partial charge < -0.3 is 10.2 Å². The van der Waals surface area contributed by atoms with Crippen LogP contribution < -0.4 is 10.2 Å². The minimum Gasteiger partial charge on any atom is -0.352 e. The summed E-state index contributed by atoms with van der Waals surface area (Å²) in [5, 5.41) is 11.4. The van der Waals surface area contributed by atoms with Crippen molar-refractivity contribution in [3.05, 3.63) is 65.9 Å². The normalized spacial score (nSPS) is 15.1. The fourth-order valence-electron chi connectivity index (χ4n) is 3.32. The molecule has 0 saturated carbocycles. The van der Waals surface area contributed by atoms with Gasteiger partial charge in [0.2, 0.25) is 10.0 Å². The molecule has 1 fully saturated rings. The van der Waals surface area contributed by atoms with Crippen molar-refractivity contribution in [1.29, 1.82) is 0 Å². The van der Waals surface area contributed by atoms with Crippen molar-refractivity contribution in [2.75, 3.05) is 36.4 Å². The zero-order valence-electron chi connectivity index (χ0n) is 16.7. The van der Waals surface area contributed by atoms with E-state index in [0.717, 1.165) is 28.2 Å². The largest absolute Gasteiger partial charge is 0.352 e. The van der Waals surface area contributed by atoms with Crippen LogP contribution in [0.3, 0.4) is 0 Å². The maximum absolute atomic E-state index is 14.0. The summed E-state index contributed by atoms with van der Waals surface area (Å²) in [6.07, 6.45) is 0. The molecule has 0 amide bonds. The molecule has 0 spiro atoms. The van der Waals surface area contributed by atoms with Crippen molar-refractivity contribution >= 4 is 27.5 Å². The van der Waals surface area contributed by atoms with Crippen LogP contribution in [-0.2, 0) is 10.0 Å². The first-order chi connectivity index (χ1) is 14.8. The maximum Gasteiger partial charge on any atom is 0.249 e. The molecule has 2 aromatic heterocycles. The highest BCUT2D eigenvalue weighted by molar-refractivity contribution is 7.89. The Bertz CT molecular complexity index is 1160. The van der Waals surface area contributed by atoms with Crippen LogP contribution in [0.4, 0.5) is 26.2 Å². The second-order valence-corrected chi connectivity index (χ2v) is 8.88. The molecular weight excluding hydrogens is 426 g/mol. The van der Waals surface area contributed by atoms with E-state index in [-0.39, 0.29) is 13.1 Å². The zero-order valence-corrected chi connectivity index (χ0v) is 17.5. The third-order valence-electron chi connectivity index (χ3n) is 4.87. The van der Waals surface area contributed by atoms with Crippen LogP contribution in [0.1, 0.15) is 5.69 Å². The molecule has 0 aliphatic carbocycles. The number of halogens is 2. The molecule has 3 heterocycles. The van der Waals surface area contributed by atoms with E-state index >= 15 is 0 Å². The predicted molar refractivity (Wildman–Crippen MR) is 112 cm³/mol. The van der Waals surface area contributed by atoms with Crippen molar-refractivity contribution < 1.29 is 17.2 Å². The van der Waals surface area contributed by atoms with E-state index < -0.39 is 26.6 Å². The molecule has 4 rings (SSSR count). The molecule has 0 unspecified atom stereocenters. The van der Waals surface area contributed by atoms with E-state index in [1.54, 1.807) is 12.1 Å². The smallest absolute Gasteiger partial charge is 0.249 e. The van der Waals surface area contributed by atoms with E-state index in [1.807, 2.05) is 30.0 Å². The number of nitrogens with zero attached hydrogens (tertiary/aromatic N) is 5. The van der Waals surface area contributed by atoms with Crippen molar-refractivity contribution in [2.45, 2.75) is 11.8 Å². The quantitative estimate of drug-likeness (QED) is 0.644. The summed E-state index contributed by atoms with van der Waals surface area (Å²) in [5.41, 5.74) is 0.873. The number of benzene rings is 1. The van der Waals surface area contributed by atoms with Crippen molar-refractivity contribution in [3.8, 4) is 0 Å². The Hall–Kier alpha value is -3.18. The number of piperazine rings is 1. The third kappa shape index (κ3) is 4.47. The molecule has 0 radical (unpaired) electrons. The Balaban J connectivity index is 1.42. The standard InChI is InChI=1S/C20H20F2N6O2S/c1-14-4-2-7-17(23-14)24-18-8-9-19(26-25-18)27-10-12-28(13-11-27)31(29,30)20-15(21)5-3-6-16(20)22/h2-9H,10-13H2,1H3,(H,23,24,25). The fraction of sp³-hybridized carbons (Fsp3) is 0.250. The molecule has 3 aromatic rings. The Labute approximate surface area is 178 Å². The van der Waals surface area contributed by atoms with Gasteiger partial charge in [-0.05, 0) is 43.3 Å². The van der Waals surface area contributed by atoms with Crippen LogP contribution in [-0.4, -0.2) is 54.1 Å². The number of sulfonamides is 1. The Morgan fingerprint density at radius 3 is 2.16 bits per heavy atom. The fourth-order valence-corrected chi connectivity index (χ4v) is 4.85. The van der Waals surface area contributed by atoms with Crippen molar-refractivity contribution in [1.82, 2.24) is 19.5 Å². The van der Waals surface area contributed by atoms with E-state index in [0.29, 0.717) is 30.5 Å².